The molecule has 0 spiro atoms. The van der Waals surface area contributed by atoms with Crippen molar-refractivity contribution in [3.63, 3.8) is 0 Å². The molecule has 1 aromatic carbocycles. The van der Waals surface area contributed by atoms with Crippen LogP contribution in [0.2, 0.25) is 0 Å². The first-order valence-corrected chi connectivity index (χ1v) is 11.1. The summed E-state index contributed by atoms with van der Waals surface area (Å²) < 4.78 is 55.4. The Labute approximate surface area is 166 Å². The first-order valence-electron chi connectivity index (χ1n) is 9.65. The molecule has 3 aliphatic heterocycles. The fourth-order valence-electron chi connectivity index (χ4n) is 4.07. The lowest BCUT2D eigenvalue weighted by atomic mass is 10.0. The second kappa shape index (κ2) is 6.75. The zero-order valence-electron chi connectivity index (χ0n) is 16.9. The van der Waals surface area contributed by atoms with Crippen molar-refractivity contribution in [2.75, 3.05) is 0 Å². The van der Waals surface area contributed by atoms with Crippen LogP contribution in [-0.2, 0) is 33.2 Å². The summed E-state index contributed by atoms with van der Waals surface area (Å²) in [4.78, 5) is 0.103. The van der Waals surface area contributed by atoms with Crippen LogP contribution in [0.25, 0.3) is 0 Å². The molecule has 156 valence electrons. The highest BCUT2D eigenvalue weighted by molar-refractivity contribution is 7.86. The topological polar surface area (TPSA) is 80.3 Å². The lowest BCUT2D eigenvalue weighted by Gasteiger charge is -2.29. The molecule has 0 aliphatic carbocycles. The number of ether oxygens (including phenoxy) is 4. The van der Waals surface area contributed by atoms with E-state index < -0.39 is 40.5 Å². The lowest BCUT2D eigenvalue weighted by molar-refractivity contribution is -0.228. The molecule has 3 saturated heterocycles. The van der Waals surface area contributed by atoms with Crippen molar-refractivity contribution in [3.8, 4) is 0 Å². The highest BCUT2D eigenvalue weighted by atomic mass is 32.2. The summed E-state index contributed by atoms with van der Waals surface area (Å²) in [5.74, 6) is -0.870. The van der Waals surface area contributed by atoms with Crippen molar-refractivity contribution in [1.29, 1.82) is 0 Å². The molecule has 1 aromatic rings. The van der Waals surface area contributed by atoms with Crippen LogP contribution in [0.15, 0.2) is 29.2 Å². The molecular formula is C20H28O7S. The summed E-state index contributed by atoms with van der Waals surface area (Å²) in [6.07, 6.45) is -1.44. The Hall–Kier alpha value is -1.03. The van der Waals surface area contributed by atoms with Crippen molar-refractivity contribution in [2.24, 2.45) is 0 Å². The zero-order chi connectivity index (χ0) is 20.3. The third kappa shape index (κ3) is 3.86. The van der Waals surface area contributed by atoms with Gasteiger partial charge in [0.05, 0.1) is 16.6 Å². The van der Waals surface area contributed by atoms with E-state index in [4.69, 9.17) is 23.1 Å². The van der Waals surface area contributed by atoms with Crippen molar-refractivity contribution in [1.82, 2.24) is 0 Å². The van der Waals surface area contributed by atoms with E-state index in [0.29, 0.717) is 0 Å². The van der Waals surface area contributed by atoms with E-state index in [2.05, 4.69) is 0 Å². The Morgan fingerprint density at radius 1 is 1.00 bits per heavy atom. The van der Waals surface area contributed by atoms with E-state index in [1.807, 2.05) is 20.8 Å². The SMILES string of the molecule is Cc1ccc(S(=O)(=O)OC2C(C3CCC(C)(C)O3)OC3OC(C)(C)OC32)cc1. The fraction of sp³-hybridized carbons (Fsp3) is 0.700. The van der Waals surface area contributed by atoms with E-state index in [1.54, 1.807) is 26.0 Å². The van der Waals surface area contributed by atoms with Crippen molar-refractivity contribution in [3.05, 3.63) is 29.8 Å². The third-order valence-electron chi connectivity index (χ3n) is 5.44. The molecule has 0 amide bonds. The zero-order valence-corrected chi connectivity index (χ0v) is 17.7. The molecule has 4 rings (SSSR count). The van der Waals surface area contributed by atoms with Gasteiger partial charge >= 0.3 is 0 Å². The van der Waals surface area contributed by atoms with Gasteiger partial charge < -0.3 is 18.9 Å². The highest BCUT2D eigenvalue weighted by Crippen LogP contribution is 2.44. The molecule has 3 aliphatic rings. The summed E-state index contributed by atoms with van der Waals surface area (Å²) in [5, 5.41) is 0. The van der Waals surface area contributed by atoms with Crippen LogP contribution in [0.4, 0.5) is 0 Å². The van der Waals surface area contributed by atoms with Crippen molar-refractivity contribution >= 4 is 10.1 Å². The minimum atomic E-state index is -4.00. The maximum Gasteiger partial charge on any atom is 0.297 e. The molecular weight excluding hydrogens is 384 g/mol. The third-order valence-corrected chi connectivity index (χ3v) is 6.77. The van der Waals surface area contributed by atoms with Gasteiger partial charge in [0.15, 0.2) is 12.1 Å². The summed E-state index contributed by atoms with van der Waals surface area (Å²) in [7, 11) is -4.00. The number of fused-ring (bicyclic) bond motifs is 1. The minimum Gasteiger partial charge on any atom is -0.370 e. The second-order valence-corrected chi connectivity index (χ2v) is 10.4. The van der Waals surface area contributed by atoms with Crippen LogP contribution in [0, 0.1) is 6.92 Å². The number of rotatable bonds is 4. The molecule has 7 nitrogen and oxygen atoms in total. The number of hydrogen-bond acceptors (Lipinski definition) is 7. The smallest absolute Gasteiger partial charge is 0.297 e. The van der Waals surface area contributed by atoms with E-state index in [-0.39, 0.29) is 16.6 Å². The molecule has 0 bridgehead atoms. The largest absolute Gasteiger partial charge is 0.370 e. The van der Waals surface area contributed by atoms with Gasteiger partial charge in [-0.05, 0) is 59.6 Å². The van der Waals surface area contributed by atoms with E-state index in [0.717, 1.165) is 18.4 Å². The molecule has 28 heavy (non-hydrogen) atoms. The maximum atomic E-state index is 12.9. The Morgan fingerprint density at radius 3 is 2.29 bits per heavy atom. The number of aryl methyl sites for hydroxylation is 1. The quantitative estimate of drug-likeness (QED) is 0.704. The predicted octanol–water partition coefficient (Wildman–Crippen LogP) is 2.90. The summed E-state index contributed by atoms with van der Waals surface area (Å²) in [6.45, 7) is 9.46. The van der Waals surface area contributed by atoms with Crippen LogP contribution in [0.3, 0.4) is 0 Å². The summed E-state index contributed by atoms with van der Waals surface area (Å²) in [6, 6.07) is 6.56. The molecule has 0 saturated carbocycles. The average Bonchev–Trinajstić information content (AvgIpc) is 3.18. The first-order chi connectivity index (χ1) is 13.0. The van der Waals surface area contributed by atoms with Crippen LogP contribution in [-0.4, -0.2) is 50.5 Å². The number of benzene rings is 1. The van der Waals surface area contributed by atoms with Gasteiger partial charge in [0.25, 0.3) is 10.1 Å². The van der Waals surface area contributed by atoms with E-state index >= 15 is 0 Å². The van der Waals surface area contributed by atoms with Crippen molar-refractivity contribution in [2.45, 2.75) is 94.4 Å². The van der Waals surface area contributed by atoms with Gasteiger partial charge in [-0.25, -0.2) is 0 Å². The molecule has 0 N–H and O–H groups in total. The van der Waals surface area contributed by atoms with Gasteiger partial charge in [-0.1, -0.05) is 17.7 Å². The second-order valence-electron chi connectivity index (χ2n) is 8.85. The van der Waals surface area contributed by atoms with Crippen LogP contribution in [0.5, 0.6) is 0 Å². The van der Waals surface area contributed by atoms with Gasteiger partial charge in [0.1, 0.15) is 18.3 Å². The Kier molecular flexibility index (Phi) is 4.88. The Bertz CT molecular complexity index is 831. The van der Waals surface area contributed by atoms with Crippen LogP contribution < -0.4 is 0 Å². The normalized spacial score (nSPS) is 36.5. The maximum absolute atomic E-state index is 12.9. The highest BCUT2D eigenvalue weighted by Gasteiger charge is 2.59. The molecule has 5 unspecified atom stereocenters. The molecule has 0 aromatic heterocycles. The van der Waals surface area contributed by atoms with Gasteiger partial charge in [-0.15, -0.1) is 0 Å². The predicted molar refractivity (Wildman–Crippen MR) is 100 cm³/mol. The molecule has 3 fully saturated rings. The van der Waals surface area contributed by atoms with Gasteiger partial charge in [0.2, 0.25) is 0 Å². The van der Waals surface area contributed by atoms with Gasteiger partial charge in [-0.2, -0.15) is 8.42 Å². The average molecular weight is 413 g/mol. The summed E-state index contributed by atoms with van der Waals surface area (Å²) >= 11 is 0. The first kappa shape index (κ1) is 20.3. The minimum absolute atomic E-state index is 0.103. The molecule has 8 heteroatoms. The molecule has 0 radical (unpaired) electrons. The van der Waals surface area contributed by atoms with Gasteiger partial charge in [-0.3, -0.25) is 4.18 Å². The van der Waals surface area contributed by atoms with E-state index in [9.17, 15) is 8.42 Å². The number of hydrogen-bond donors (Lipinski definition) is 0. The van der Waals surface area contributed by atoms with Crippen LogP contribution in [0.1, 0.15) is 46.1 Å². The summed E-state index contributed by atoms with van der Waals surface area (Å²) in [5.41, 5.74) is 0.685. The molecule has 5 atom stereocenters. The monoisotopic (exact) mass is 412 g/mol. The standard InChI is InChI=1S/C20H28O7S/c1-12-6-8-13(9-7-12)28(21,22)27-16-15(14-10-11-19(2,3)24-14)23-18-17(16)25-20(4,5)26-18/h6-9,14-18H,10-11H2,1-5H3. The fourth-order valence-corrected chi connectivity index (χ4v) is 5.16. The lowest BCUT2D eigenvalue weighted by Crippen LogP contribution is -2.44. The molecule has 3 heterocycles. The van der Waals surface area contributed by atoms with E-state index in [1.165, 1.54) is 12.1 Å². The van der Waals surface area contributed by atoms with Crippen LogP contribution >= 0.6 is 0 Å². The Morgan fingerprint density at radius 2 is 1.68 bits per heavy atom. The van der Waals surface area contributed by atoms with Crippen molar-refractivity contribution < 1.29 is 31.5 Å². The van der Waals surface area contributed by atoms with Gasteiger partial charge in [0, 0.05) is 0 Å². The Balaban J connectivity index is 1.61.